The minimum Gasteiger partial charge on any atom is -0.465 e. The van der Waals surface area contributed by atoms with E-state index in [1.807, 2.05) is 0 Å². The molecular formula is C13H16N2O4. The standard InChI is InChI=1S/C13H16N2O4/c1-8(12(14)17)6-11(16)15-10-5-3-4-9(7-10)13(18)19-2/h3-5,7-8H,6H2,1-2H3,(H2,14,17)(H,15,16). The zero-order valence-corrected chi connectivity index (χ0v) is 10.8. The summed E-state index contributed by atoms with van der Waals surface area (Å²) in [5.41, 5.74) is 5.88. The monoisotopic (exact) mass is 264 g/mol. The predicted molar refractivity (Wildman–Crippen MR) is 69.4 cm³/mol. The lowest BCUT2D eigenvalue weighted by Crippen LogP contribution is -2.25. The van der Waals surface area contributed by atoms with Crippen molar-refractivity contribution in [3.8, 4) is 0 Å². The molecule has 0 aliphatic rings. The first-order chi connectivity index (χ1) is 8.93. The number of primary amides is 1. The first-order valence-electron chi connectivity index (χ1n) is 5.71. The fourth-order valence-corrected chi connectivity index (χ4v) is 1.43. The van der Waals surface area contributed by atoms with Crippen LogP contribution in [-0.2, 0) is 14.3 Å². The van der Waals surface area contributed by atoms with Crippen molar-refractivity contribution >= 4 is 23.5 Å². The number of nitrogens with one attached hydrogen (secondary N) is 1. The third-order valence-electron chi connectivity index (χ3n) is 2.54. The van der Waals surface area contributed by atoms with Crippen LogP contribution in [0.3, 0.4) is 0 Å². The van der Waals surface area contributed by atoms with Crippen molar-refractivity contribution in [1.29, 1.82) is 0 Å². The van der Waals surface area contributed by atoms with Crippen LogP contribution in [0.1, 0.15) is 23.7 Å². The highest BCUT2D eigenvalue weighted by Gasteiger charge is 2.14. The van der Waals surface area contributed by atoms with Gasteiger partial charge in [-0.3, -0.25) is 9.59 Å². The quantitative estimate of drug-likeness (QED) is 0.772. The lowest BCUT2D eigenvalue weighted by atomic mass is 10.1. The lowest BCUT2D eigenvalue weighted by Gasteiger charge is -2.09. The maximum absolute atomic E-state index is 11.6. The van der Waals surface area contributed by atoms with Gasteiger partial charge >= 0.3 is 5.97 Å². The van der Waals surface area contributed by atoms with Crippen molar-refractivity contribution in [1.82, 2.24) is 0 Å². The van der Waals surface area contributed by atoms with Crippen molar-refractivity contribution in [2.75, 3.05) is 12.4 Å². The maximum atomic E-state index is 11.6. The molecule has 2 amide bonds. The van der Waals surface area contributed by atoms with Crippen LogP contribution < -0.4 is 11.1 Å². The Labute approximate surface area is 110 Å². The van der Waals surface area contributed by atoms with Gasteiger partial charge in [0.2, 0.25) is 11.8 Å². The summed E-state index contributed by atoms with van der Waals surface area (Å²) in [5, 5.41) is 2.59. The molecule has 1 rings (SSSR count). The Morgan fingerprint density at radius 1 is 1.37 bits per heavy atom. The smallest absolute Gasteiger partial charge is 0.337 e. The van der Waals surface area contributed by atoms with Crippen LogP contribution in [0.15, 0.2) is 24.3 Å². The van der Waals surface area contributed by atoms with Crippen LogP contribution in [0.25, 0.3) is 0 Å². The van der Waals surface area contributed by atoms with Crippen molar-refractivity contribution in [3.05, 3.63) is 29.8 Å². The number of nitrogens with two attached hydrogens (primary N) is 1. The minimum absolute atomic E-state index is 0.00220. The van der Waals surface area contributed by atoms with E-state index in [0.717, 1.165) is 0 Å². The highest BCUT2D eigenvalue weighted by atomic mass is 16.5. The Bertz CT molecular complexity index is 499. The third-order valence-corrected chi connectivity index (χ3v) is 2.54. The molecule has 0 radical (unpaired) electrons. The summed E-state index contributed by atoms with van der Waals surface area (Å²) in [4.78, 5) is 33.8. The van der Waals surface area contributed by atoms with Crippen LogP contribution in [0.5, 0.6) is 0 Å². The van der Waals surface area contributed by atoms with Gasteiger partial charge in [-0.15, -0.1) is 0 Å². The maximum Gasteiger partial charge on any atom is 0.337 e. The van der Waals surface area contributed by atoms with E-state index < -0.39 is 17.8 Å². The number of benzene rings is 1. The van der Waals surface area contributed by atoms with E-state index in [1.165, 1.54) is 13.2 Å². The lowest BCUT2D eigenvalue weighted by molar-refractivity contribution is -0.125. The van der Waals surface area contributed by atoms with Gasteiger partial charge in [-0.05, 0) is 18.2 Å². The summed E-state index contributed by atoms with van der Waals surface area (Å²) >= 11 is 0. The Kier molecular flexibility index (Phi) is 5.05. The van der Waals surface area contributed by atoms with Gasteiger partial charge in [-0.25, -0.2) is 4.79 Å². The Morgan fingerprint density at radius 3 is 2.63 bits per heavy atom. The Morgan fingerprint density at radius 2 is 2.05 bits per heavy atom. The summed E-state index contributed by atoms with van der Waals surface area (Å²) in [5.74, 6) is -1.89. The van der Waals surface area contributed by atoms with Crippen LogP contribution in [0, 0.1) is 5.92 Å². The van der Waals surface area contributed by atoms with Crippen LogP contribution in [0.2, 0.25) is 0 Å². The zero-order chi connectivity index (χ0) is 14.4. The number of methoxy groups -OCH3 is 1. The van der Waals surface area contributed by atoms with Gasteiger partial charge in [0.05, 0.1) is 12.7 Å². The molecule has 6 nitrogen and oxygen atoms in total. The molecule has 0 aromatic heterocycles. The topological polar surface area (TPSA) is 98.5 Å². The molecule has 0 saturated carbocycles. The summed E-state index contributed by atoms with van der Waals surface area (Å²) in [7, 11) is 1.28. The number of ether oxygens (including phenoxy) is 1. The SMILES string of the molecule is COC(=O)c1cccc(NC(=O)CC(C)C(N)=O)c1. The van der Waals surface area contributed by atoms with E-state index in [0.29, 0.717) is 11.3 Å². The third kappa shape index (κ3) is 4.42. The molecule has 0 heterocycles. The number of hydrogen-bond donors (Lipinski definition) is 2. The summed E-state index contributed by atoms with van der Waals surface area (Å²) in [6, 6.07) is 6.34. The van der Waals surface area contributed by atoms with Gasteiger partial charge in [0, 0.05) is 18.0 Å². The molecule has 1 aromatic carbocycles. The highest BCUT2D eigenvalue weighted by molar-refractivity contribution is 5.96. The van der Waals surface area contributed by atoms with E-state index >= 15 is 0 Å². The highest BCUT2D eigenvalue weighted by Crippen LogP contribution is 2.13. The predicted octanol–water partition coefficient (Wildman–Crippen LogP) is 0.923. The molecular weight excluding hydrogens is 248 g/mol. The molecule has 1 unspecified atom stereocenters. The largest absolute Gasteiger partial charge is 0.465 e. The molecule has 102 valence electrons. The molecule has 0 fully saturated rings. The van der Waals surface area contributed by atoms with E-state index in [-0.39, 0.29) is 12.3 Å². The minimum atomic E-state index is -0.538. The van der Waals surface area contributed by atoms with Gasteiger partial charge in [-0.2, -0.15) is 0 Å². The summed E-state index contributed by atoms with van der Waals surface area (Å²) < 4.78 is 4.58. The first-order valence-corrected chi connectivity index (χ1v) is 5.71. The normalized spacial score (nSPS) is 11.5. The zero-order valence-electron chi connectivity index (χ0n) is 10.8. The van der Waals surface area contributed by atoms with Gasteiger partial charge in [0.15, 0.2) is 0 Å². The van der Waals surface area contributed by atoms with Gasteiger partial charge in [0.1, 0.15) is 0 Å². The fourth-order valence-electron chi connectivity index (χ4n) is 1.43. The van der Waals surface area contributed by atoms with Gasteiger partial charge < -0.3 is 15.8 Å². The molecule has 1 aromatic rings. The van der Waals surface area contributed by atoms with E-state index in [1.54, 1.807) is 25.1 Å². The first kappa shape index (κ1) is 14.7. The van der Waals surface area contributed by atoms with Crippen LogP contribution in [0.4, 0.5) is 5.69 Å². The van der Waals surface area contributed by atoms with Gasteiger partial charge in [0.25, 0.3) is 0 Å². The van der Waals surface area contributed by atoms with Crippen molar-refractivity contribution < 1.29 is 19.1 Å². The molecule has 1 atom stereocenters. The molecule has 0 saturated heterocycles. The average molecular weight is 264 g/mol. The Hall–Kier alpha value is -2.37. The number of esters is 1. The number of carbonyl (C=O) groups is 3. The number of amides is 2. The Balaban J connectivity index is 2.69. The molecule has 3 N–H and O–H groups in total. The second kappa shape index (κ2) is 6.53. The number of anilines is 1. The van der Waals surface area contributed by atoms with Crippen LogP contribution in [-0.4, -0.2) is 24.9 Å². The fraction of sp³-hybridized carbons (Fsp3) is 0.308. The summed E-state index contributed by atoms with van der Waals surface area (Å²) in [6.45, 7) is 1.58. The molecule has 0 aliphatic heterocycles. The number of rotatable bonds is 5. The molecule has 19 heavy (non-hydrogen) atoms. The van der Waals surface area contributed by atoms with E-state index in [9.17, 15) is 14.4 Å². The second-order valence-corrected chi connectivity index (χ2v) is 4.13. The number of carbonyl (C=O) groups excluding carboxylic acids is 3. The average Bonchev–Trinajstić information content (AvgIpc) is 2.37. The molecule has 6 heteroatoms. The molecule has 0 aliphatic carbocycles. The van der Waals surface area contributed by atoms with E-state index in [4.69, 9.17) is 5.73 Å². The number of hydrogen-bond acceptors (Lipinski definition) is 4. The molecule has 0 bridgehead atoms. The van der Waals surface area contributed by atoms with Crippen molar-refractivity contribution in [2.45, 2.75) is 13.3 Å². The second-order valence-electron chi connectivity index (χ2n) is 4.13. The molecule has 0 spiro atoms. The van der Waals surface area contributed by atoms with Gasteiger partial charge in [-0.1, -0.05) is 13.0 Å². The van der Waals surface area contributed by atoms with Crippen LogP contribution >= 0.6 is 0 Å². The van der Waals surface area contributed by atoms with E-state index in [2.05, 4.69) is 10.1 Å². The van der Waals surface area contributed by atoms with Crippen molar-refractivity contribution in [2.24, 2.45) is 11.7 Å². The summed E-state index contributed by atoms with van der Waals surface area (Å²) in [6.07, 6.45) is -0.00220. The van der Waals surface area contributed by atoms with Crippen molar-refractivity contribution in [3.63, 3.8) is 0 Å².